The molecule has 0 aliphatic rings. The molecule has 0 aliphatic carbocycles. The van der Waals surface area contributed by atoms with Crippen LogP contribution in [0.25, 0.3) is 11.4 Å². The van der Waals surface area contributed by atoms with E-state index in [1.807, 2.05) is 0 Å². The smallest absolute Gasteiger partial charge is 0.390 e. The van der Waals surface area contributed by atoms with Crippen LogP contribution in [-0.2, 0) is 12.7 Å². The predicted octanol–water partition coefficient (Wildman–Crippen LogP) is 3.73. The molecule has 3 nitrogen and oxygen atoms in total. The van der Waals surface area contributed by atoms with Gasteiger partial charge in [-0.3, -0.25) is 0 Å². The van der Waals surface area contributed by atoms with Crippen molar-refractivity contribution in [3.05, 3.63) is 42.2 Å². The van der Waals surface area contributed by atoms with E-state index in [1.165, 1.54) is 6.07 Å². The Morgan fingerprint density at radius 2 is 1.95 bits per heavy atom. The summed E-state index contributed by atoms with van der Waals surface area (Å²) in [5, 5.41) is 9.75. The van der Waals surface area contributed by atoms with Gasteiger partial charge in [0.15, 0.2) is 0 Å². The van der Waals surface area contributed by atoms with Crippen molar-refractivity contribution < 1.29 is 18.3 Å². The summed E-state index contributed by atoms with van der Waals surface area (Å²) in [5.41, 5.74) is -1.13. The number of aromatic nitrogens is 2. The molecule has 0 radical (unpaired) electrons. The molecule has 0 fully saturated rings. The van der Waals surface area contributed by atoms with Crippen LogP contribution in [0.5, 0.6) is 0 Å². The number of hydrogen-bond acceptors (Lipinski definition) is 2. The maximum atomic E-state index is 12.8. The normalized spacial score (nSPS) is 12.7. The maximum Gasteiger partial charge on any atom is 0.416 e. The first-order valence-corrected chi connectivity index (χ1v) is 6.58. The minimum Gasteiger partial charge on any atom is -0.390 e. The first kappa shape index (κ1) is 15.6. The van der Waals surface area contributed by atoms with E-state index in [9.17, 15) is 18.3 Å². The molecule has 0 saturated carbocycles. The average Bonchev–Trinajstić information content (AvgIpc) is 2.83. The molecule has 0 bridgehead atoms. The van der Waals surface area contributed by atoms with Crippen LogP contribution in [0.3, 0.4) is 0 Å². The summed E-state index contributed by atoms with van der Waals surface area (Å²) >= 11 is 0. The van der Waals surface area contributed by atoms with Crippen molar-refractivity contribution in [2.45, 2.75) is 38.6 Å². The van der Waals surface area contributed by atoms with E-state index in [1.54, 1.807) is 36.9 Å². The molecule has 1 N–H and O–H groups in total. The number of nitrogens with zero attached hydrogens (tertiary/aromatic N) is 2. The third-order valence-electron chi connectivity index (χ3n) is 3.13. The van der Waals surface area contributed by atoms with Crippen molar-refractivity contribution in [3.63, 3.8) is 0 Å². The lowest BCUT2D eigenvalue weighted by molar-refractivity contribution is -0.137. The second kappa shape index (κ2) is 5.52. The van der Waals surface area contributed by atoms with Crippen LogP contribution in [0.15, 0.2) is 36.7 Å². The van der Waals surface area contributed by atoms with Gasteiger partial charge in [-0.2, -0.15) is 13.2 Å². The monoisotopic (exact) mass is 298 g/mol. The third kappa shape index (κ3) is 4.07. The fourth-order valence-electron chi connectivity index (χ4n) is 1.98. The molecule has 0 saturated heterocycles. The van der Waals surface area contributed by atoms with Gasteiger partial charge in [0.25, 0.3) is 0 Å². The first-order valence-electron chi connectivity index (χ1n) is 6.58. The number of aryl methyl sites for hydroxylation is 1. The van der Waals surface area contributed by atoms with Gasteiger partial charge in [-0.05, 0) is 32.4 Å². The Labute approximate surface area is 121 Å². The molecule has 21 heavy (non-hydrogen) atoms. The highest BCUT2D eigenvalue weighted by Crippen LogP contribution is 2.31. The van der Waals surface area contributed by atoms with Gasteiger partial charge in [-0.1, -0.05) is 12.1 Å². The number of rotatable bonds is 4. The van der Waals surface area contributed by atoms with Gasteiger partial charge in [0.2, 0.25) is 0 Å². The van der Waals surface area contributed by atoms with Gasteiger partial charge < -0.3 is 9.67 Å². The number of imidazole rings is 1. The molecule has 1 aromatic heterocycles. The fourth-order valence-corrected chi connectivity index (χ4v) is 1.98. The highest BCUT2D eigenvalue weighted by Gasteiger charge is 2.30. The predicted molar refractivity (Wildman–Crippen MR) is 73.6 cm³/mol. The molecule has 2 aromatic rings. The second-order valence-corrected chi connectivity index (χ2v) is 5.59. The minimum atomic E-state index is -4.37. The Morgan fingerprint density at radius 1 is 1.24 bits per heavy atom. The van der Waals surface area contributed by atoms with E-state index in [-0.39, 0.29) is 0 Å². The molecule has 0 unspecified atom stereocenters. The van der Waals surface area contributed by atoms with Crippen LogP contribution in [-0.4, -0.2) is 20.3 Å². The Kier molecular flexibility index (Phi) is 4.09. The summed E-state index contributed by atoms with van der Waals surface area (Å²) < 4.78 is 40.0. The summed E-state index contributed by atoms with van der Waals surface area (Å²) in [6, 6.07) is 5.09. The van der Waals surface area contributed by atoms with Crippen molar-refractivity contribution in [1.29, 1.82) is 0 Å². The molecule has 0 aliphatic heterocycles. The van der Waals surface area contributed by atoms with E-state index in [2.05, 4.69) is 4.98 Å². The number of benzene rings is 1. The topological polar surface area (TPSA) is 38.0 Å². The highest BCUT2D eigenvalue weighted by atomic mass is 19.4. The molecule has 6 heteroatoms. The summed E-state index contributed by atoms with van der Waals surface area (Å²) in [6.45, 7) is 3.86. The Balaban J connectivity index is 2.29. The van der Waals surface area contributed by atoms with Gasteiger partial charge in [0.05, 0.1) is 11.2 Å². The molecule has 114 valence electrons. The standard InChI is InChI=1S/C15H17F3N2O/c1-14(2,21)6-8-20-9-7-19-13(20)11-4-3-5-12(10-11)15(16,17)18/h3-5,7,9-10,21H,6,8H2,1-2H3. The fraction of sp³-hybridized carbons (Fsp3) is 0.400. The van der Waals surface area contributed by atoms with Gasteiger partial charge in [-0.15, -0.1) is 0 Å². The summed E-state index contributed by atoms with van der Waals surface area (Å²) in [6.07, 6.45) is -0.656. The first-order chi connectivity index (χ1) is 9.67. The molecule has 0 spiro atoms. The van der Waals surface area contributed by atoms with Crippen LogP contribution in [0, 0.1) is 0 Å². The van der Waals surface area contributed by atoms with Crippen LogP contribution in [0.4, 0.5) is 13.2 Å². The van der Waals surface area contributed by atoms with Crippen molar-refractivity contribution in [1.82, 2.24) is 9.55 Å². The molecule has 0 atom stereocenters. The van der Waals surface area contributed by atoms with Crippen LogP contribution >= 0.6 is 0 Å². The van der Waals surface area contributed by atoms with E-state index in [4.69, 9.17) is 0 Å². The number of hydrogen-bond donors (Lipinski definition) is 1. The highest BCUT2D eigenvalue weighted by molar-refractivity contribution is 5.57. The molecular weight excluding hydrogens is 281 g/mol. The summed E-state index contributed by atoms with van der Waals surface area (Å²) in [7, 11) is 0. The molecule has 1 aromatic carbocycles. The second-order valence-electron chi connectivity index (χ2n) is 5.59. The van der Waals surface area contributed by atoms with E-state index in [0.717, 1.165) is 12.1 Å². The number of alkyl halides is 3. The van der Waals surface area contributed by atoms with E-state index < -0.39 is 17.3 Å². The van der Waals surface area contributed by atoms with Gasteiger partial charge in [0.1, 0.15) is 5.82 Å². The van der Waals surface area contributed by atoms with E-state index in [0.29, 0.717) is 24.4 Å². The summed E-state index contributed by atoms with van der Waals surface area (Å²) in [5.74, 6) is 0.463. The van der Waals surface area contributed by atoms with Crippen LogP contribution in [0.2, 0.25) is 0 Å². The Hall–Kier alpha value is -1.82. The maximum absolute atomic E-state index is 12.8. The lowest BCUT2D eigenvalue weighted by Crippen LogP contribution is -2.21. The van der Waals surface area contributed by atoms with Crippen molar-refractivity contribution in [2.75, 3.05) is 0 Å². The van der Waals surface area contributed by atoms with Gasteiger partial charge in [-0.25, -0.2) is 4.98 Å². The zero-order valence-corrected chi connectivity index (χ0v) is 11.9. The lowest BCUT2D eigenvalue weighted by Gasteiger charge is -2.18. The largest absolute Gasteiger partial charge is 0.416 e. The Morgan fingerprint density at radius 3 is 2.57 bits per heavy atom. The van der Waals surface area contributed by atoms with Crippen LogP contribution < -0.4 is 0 Å². The van der Waals surface area contributed by atoms with Crippen LogP contribution in [0.1, 0.15) is 25.8 Å². The number of halogens is 3. The van der Waals surface area contributed by atoms with Crippen molar-refractivity contribution in [3.8, 4) is 11.4 Å². The van der Waals surface area contributed by atoms with E-state index >= 15 is 0 Å². The quantitative estimate of drug-likeness (QED) is 0.934. The van der Waals surface area contributed by atoms with Crippen molar-refractivity contribution >= 4 is 0 Å². The zero-order chi connectivity index (χ0) is 15.7. The molecule has 1 heterocycles. The third-order valence-corrected chi connectivity index (χ3v) is 3.13. The zero-order valence-electron chi connectivity index (χ0n) is 11.9. The number of aliphatic hydroxyl groups is 1. The van der Waals surface area contributed by atoms with Gasteiger partial charge >= 0.3 is 6.18 Å². The minimum absolute atomic E-state index is 0.408. The Bertz CT molecular complexity index is 612. The van der Waals surface area contributed by atoms with Crippen molar-refractivity contribution in [2.24, 2.45) is 0 Å². The summed E-state index contributed by atoms with van der Waals surface area (Å²) in [4.78, 5) is 4.12. The SMILES string of the molecule is CC(C)(O)CCn1ccnc1-c1cccc(C(F)(F)F)c1. The van der Waals surface area contributed by atoms with Gasteiger partial charge in [0, 0.05) is 24.5 Å². The average molecular weight is 298 g/mol. The molecule has 2 rings (SSSR count). The lowest BCUT2D eigenvalue weighted by atomic mass is 10.1. The molecule has 0 amide bonds. The molecular formula is C15H17F3N2O.